The topological polar surface area (TPSA) is 66.8 Å². The molecule has 0 aliphatic rings. The maximum Gasteiger partial charge on any atom is 0.326 e. The molecule has 1 aromatic heterocycles. The third-order valence-corrected chi connectivity index (χ3v) is 3.20. The van der Waals surface area contributed by atoms with Crippen LogP contribution >= 0.6 is 0 Å². The number of fused-ring (bicyclic) bond motifs is 1. The smallest absolute Gasteiger partial charge is 0.326 e. The summed E-state index contributed by atoms with van der Waals surface area (Å²) in [6.07, 6.45) is 2.16. The first-order valence-electron chi connectivity index (χ1n) is 6.89. The first-order valence-corrected chi connectivity index (χ1v) is 6.89. The fourth-order valence-electron chi connectivity index (χ4n) is 2.33. The maximum absolute atomic E-state index is 11.9. The van der Waals surface area contributed by atoms with E-state index in [1.54, 1.807) is 43.9 Å². The Balaban J connectivity index is 2.54. The summed E-state index contributed by atoms with van der Waals surface area (Å²) in [6, 6.07) is 3.46. The molecule has 6 nitrogen and oxygen atoms in total. The van der Waals surface area contributed by atoms with Gasteiger partial charge in [-0.2, -0.15) is 0 Å². The molecule has 0 saturated heterocycles. The van der Waals surface area contributed by atoms with Gasteiger partial charge in [-0.1, -0.05) is 0 Å². The molecule has 0 fully saturated rings. The maximum atomic E-state index is 11.9. The van der Waals surface area contributed by atoms with Crippen LogP contribution in [0.2, 0.25) is 0 Å². The molecule has 2 rings (SSSR count). The predicted octanol–water partition coefficient (Wildman–Crippen LogP) is 2.42. The minimum Gasteiger partial charge on any atom is -0.497 e. The molecule has 0 unspecified atom stereocenters. The number of hydrogen-bond acceptors (Lipinski definition) is 5. The van der Waals surface area contributed by atoms with E-state index in [0.717, 1.165) is 6.29 Å². The summed E-state index contributed by atoms with van der Waals surface area (Å²) in [5, 5.41) is 0.649. The van der Waals surface area contributed by atoms with Crippen LogP contribution in [0.5, 0.6) is 11.5 Å². The van der Waals surface area contributed by atoms with Gasteiger partial charge >= 0.3 is 5.97 Å². The minimum absolute atomic E-state index is 0.0127. The van der Waals surface area contributed by atoms with Gasteiger partial charge in [-0.25, -0.2) is 0 Å². The molecule has 0 aliphatic carbocycles. The summed E-state index contributed by atoms with van der Waals surface area (Å²) in [4.78, 5) is 23.2. The highest BCUT2D eigenvalue weighted by Crippen LogP contribution is 2.34. The number of hydrogen-bond donors (Lipinski definition) is 0. The Labute approximate surface area is 128 Å². The van der Waals surface area contributed by atoms with Crippen LogP contribution in [-0.4, -0.2) is 37.1 Å². The third-order valence-electron chi connectivity index (χ3n) is 3.20. The molecule has 0 radical (unpaired) electrons. The van der Waals surface area contributed by atoms with Crippen LogP contribution in [0.1, 0.15) is 24.2 Å². The quantitative estimate of drug-likeness (QED) is 0.605. The zero-order chi connectivity index (χ0) is 16.3. The van der Waals surface area contributed by atoms with Crippen molar-refractivity contribution in [3.8, 4) is 11.5 Å². The number of ether oxygens (including phenoxy) is 3. The van der Waals surface area contributed by atoms with Gasteiger partial charge in [0.25, 0.3) is 0 Å². The van der Waals surface area contributed by atoms with Crippen LogP contribution in [0.4, 0.5) is 0 Å². The van der Waals surface area contributed by atoms with Crippen molar-refractivity contribution in [1.82, 2.24) is 4.57 Å². The number of carbonyl (C=O) groups is 2. The zero-order valence-corrected chi connectivity index (χ0v) is 13.1. The number of carbonyl (C=O) groups excluding carboxylic acids is 2. The molecule has 0 aliphatic heterocycles. The number of nitrogens with zero attached hydrogens (tertiary/aromatic N) is 1. The molecule has 2 aromatic rings. The Morgan fingerprint density at radius 3 is 2.55 bits per heavy atom. The summed E-state index contributed by atoms with van der Waals surface area (Å²) in [7, 11) is 3.06. The van der Waals surface area contributed by atoms with E-state index in [-0.39, 0.29) is 18.6 Å². The second-order valence-electron chi connectivity index (χ2n) is 5.09. The van der Waals surface area contributed by atoms with Crippen molar-refractivity contribution >= 4 is 23.2 Å². The molecule has 0 N–H and O–H groups in total. The predicted molar refractivity (Wildman–Crippen MR) is 81.7 cm³/mol. The molecule has 0 bridgehead atoms. The molecule has 22 heavy (non-hydrogen) atoms. The van der Waals surface area contributed by atoms with Crippen molar-refractivity contribution < 1.29 is 23.8 Å². The van der Waals surface area contributed by atoms with Crippen LogP contribution in [0, 0.1) is 0 Å². The Hall–Kier alpha value is -2.50. The van der Waals surface area contributed by atoms with Gasteiger partial charge in [-0.05, 0) is 13.8 Å². The van der Waals surface area contributed by atoms with Gasteiger partial charge < -0.3 is 18.8 Å². The largest absolute Gasteiger partial charge is 0.497 e. The van der Waals surface area contributed by atoms with E-state index >= 15 is 0 Å². The van der Waals surface area contributed by atoms with E-state index in [0.29, 0.717) is 28.0 Å². The lowest BCUT2D eigenvalue weighted by atomic mass is 10.1. The van der Waals surface area contributed by atoms with Crippen molar-refractivity contribution in [1.29, 1.82) is 0 Å². The van der Waals surface area contributed by atoms with E-state index in [2.05, 4.69) is 0 Å². The van der Waals surface area contributed by atoms with Gasteiger partial charge in [-0.3, -0.25) is 9.59 Å². The van der Waals surface area contributed by atoms with Gasteiger partial charge in [0, 0.05) is 23.9 Å². The standard InChI is InChI=1S/C16H19NO5/c1-10(2)22-15(19)8-17-7-11(9-18)16-13(17)5-12(20-3)6-14(16)21-4/h5-7,9-10H,8H2,1-4H3. The van der Waals surface area contributed by atoms with Crippen LogP contribution in [0.3, 0.4) is 0 Å². The fraction of sp³-hybridized carbons (Fsp3) is 0.375. The summed E-state index contributed by atoms with van der Waals surface area (Å²) < 4.78 is 17.4. The van der Waals surface area contributed by atoms with E-state index < -0.39 is 0 Å². The number of rotatable bonds is 6. The normalized spacial score (nSPS) is 10.8. The number of methoxy groups -OCH3 is 2. The highest BCUT2D eigenvalue weighted by Gasteiger charge is 2.17. The summed E-state index contributed by atoms with van der Waals surface area (Å²) >= 11 is 0. The Morgan fingerprint density at radius 1 is 1.27 bits per heavy atom. The molecule has 1 heterocycles. The van der Waals surface area contributed by atoms with Crippen LogP contribution in [0.25, 0.3) is 10.9 Å². The first-order chi connectivity index (χ1) is 10.5. The monoisotopic (exact) mass is 305 g/mol. The minimum atomic E-state index is -0.369. The molecule has 0 saturated carbocycles. The molecular formula is C16H19NO5. The molecule has 1 aromatic carbocycles. The van der Waals surface area contributed by atoms with Gasteiger partial charge in [0.05, 0.1) is 31.2 Å². The van der Waals surface area contributed by atoms with Gasteiger partial charge in [0.2, 0.25) is 0 Å². The number of esters is 1. The third kappa shape index (κ3) is 3.05. The van der Waals surface area contributed by atoms with Gasteiger partial charge in [0.15, 0.2) is 6.29 Å². The average Bonchev–Trinajstić information content (AvgIpc) is 2.83. The van der Waals surface area contributed by atoms with Crippen molar-refractivity contribution in [3.05, 3.63) is 23.9 Å². The Morgan fingerprint density at radius 2 is 2.00 bits per heavy atom. The highest BCUT2D eigenvalue weighted by molar-refractivity contribution is 6.02. The van der Waals surface area contributed by atoms with Crippen molar-refractivity contribution in [3.63, 3.8) is 0 Å². The lowest BCUT2D eigenvalue weighted by molar-refractivity contribution is -0.148. The highest BCUT2D eigenvalue weighted by atomic mass is 16.5. The molecule has 118 valence electrons. The van der Waals surface area contributed by atoms with Crippen LogP contribution in [0.15, 0.2) is 18.3 Å². The molecule has 6 heteroatoms. The second kappa shape index (κ2) is 6.51. The Bertz CT molecular complexity index is 702. The van der Waals surface area contributed by atoms with Crippen molar-refractivity contribution in [2.75, 3.05) is 14.2 Å². The van der Waals surface area contributed by atoms with Crippen molar-refractivity contribution in [2.24, 2.45) is 0 Å². The lowest BCUT2D eigenvalue weighted by Crippen LogP contribution is -2.17. The fourth-order valence-corrected chi connectivity index (χ4v) is 2.33. The second-order valence-corrected chi connectivity index (χ2v) is 5.09. The van der Waals surface area contributed by atoms with E-state index in [1.807, 2.05) is 0 Å². The number of benzene rings is 1. The first kappa shape index (κ1) is 15.9. The zero-order valence-electron chi connectivity index (χ0n) is 13.1. The van der Waals surface area contributed by atoms with E-state index in [4.69, 9.17) is 14.2 Å². The lowest BCUT2D eigenvalue weighted by Gasteiger charge is -2.11. The summed E-state index contributed by atoms with van der Waals surface area (Å²) in [5.41, 5.74) is 1.13. The molecular weight excluding hydrogens is 286 g/mol. The average molecular weight is 305 g/mol. The number of aromatic nitrogens is 1. The molecule has 0 spiro atoms. The van der Waals surface area contributed by atoms with Crippen LogP contribution < -0.4 is 9.47 Å². The van der Waals surface area contributed by atoms with E-state index in [1.165, 1.54) is 7.11 Å². The molecule has 0 atom stereocenters. The summed E-state index contributed by atoms with van der Waals surface area (Å²) in [5.74, 6) is 0.733. The van der Waals surface area contributed by atoms with Crippen LogP contribution in [-0.2, 0) is 16.1 Å². The number of aldehydes is 1. The van der Waals surface area contributed by atoms with Gasteiger partial charge in [0.1, 0.15) is 18.0 Å². The SMILES string of the molecule is COc1cc(OC)c2c(C=O)cn(CC(=O)OC(C)C)c2c1. The molecule has 0 amide bonds. The van der Waals surface area contributed by atoms with Gasteiger partial charge in [-0.15, -0.1) is 0 Å². The Kier molecular flexibility index (Phi) is 4.70. The van der Waals surface area contributed by atoms with Crippen molar-refractivity contribution in [2.45, 2.75) is 26.5 Å². The summed E-state index contributed by atoms with van der Waals surface area (Å²) in [6.45, 7) is 3.59. The van der Waals surface area contributed by atoms with E-state index in [9.17, 15) is 9.59 Å².